The third-order valence-corrected chi connectivity index (χ3v) is 3.18. The van der Waals surface area contributed by atoms with Crippen LogP contribution in [0.2, 0.25) is 0 Å². The van der Waals surface area contributed by atoms with E-state index in [4.69, 9.17) is 15.2 Å². The zero-order valence-electron chi connectivity index (χ0n) is 11.9. The monoisotopic (exact) mass is 272 g/mol. The van der Waals surface area contributed by atoms with Gasteiger partial charge in [0, 0.05) is 24.6 Å². The van der Waals surface area contributed by atoms with Crippen molar-refractivity contribution in [2.24, 2.45) is 5.73 Å². The Morgan fingerprint density at radius 3 is 2.60 bits per heavy atom. The van der Waals surface area contributed by atoms with Gasteiger partial charge in [0.15, 0.2) is 0 Å². The van der Waals surface area contributed by atoms with Crippen LogP contribution < -0.4 is 10.5 Å². The van der Waals surface area contributed by atoms with Crippen molar-refractivity contribution in [3.63, 3.8) is 0 Å². The van der Waals surface area contributed by atoms with Gasteiger partial charge >= 0.3 is 0 Å². The second kappa shape index (κ2) is 7.03. The molecule has 0 fully saturated rings. The molecule has 20 heavy (non-hydrogen) atoms. The average Bonchev–Trinajstić information content (AvgIpc) is 2.48. The molecule has 0 saturated heterocycles. The maximum absolute atomic E-state index is 6.37. The highest BCUT2D eigenvalue weighted by Crippen LogP contribution is 2.29. The second-order valence-electron chi connectivity index (χ2n) is 4.53. The molecular weight excluding hydrogens is 252 g/mol. The number of para-hydroxylation sites is 1. The zero-order chi connectivity index (χ0) is 14.4. The SMILES string of the molecule is COCCOc1ccccc1C(N)c1cccnc1C. The molecule has 4 heteroatoms. The molecule has 0 saturated carbocycles. The van der Waals surface area contributed by atoms with E-state index >= 15 is 0 Å². The molecule has 106 valence electrons. The van der Waals surface area contributed by atoms with E-state index in [2.05, 4.69) is 4.98 Å². The van der Waals surface area contributed by atoms with Crippen molar-refractivity contribution in [2.45, 2.75) is 13.0 Å². The molecular formula is C16H20N2O2. The van der Waals surface area contributed by atoms with Gasteiger partial charge in [-0.3, -0.25) is 4.98 Å². The molecule has 1 atom stereocenters. The average molecular weight is 272 g/mol. The maximum Gasteiger partial charge on any atom is 0.124 e. The molecule has 0 aliphatic carbocycles. The van der Waals surface area contributed by atoms with E-state index in [0.717, 1.165) is 22.6 Å². The summed E-state index contributed by atoms with van der Waals surface area (Å²) in [5.74, 6) is 0.792. The fourth-order valence-corrected chi connectivity index (χ4v) is 2.10. The van der Waals surface area contributed by atoms with Crippen LogP contribution in [0.5, 0.6) is 5.75 Å². The molecule has 2 aromatic rings. The molecule has 1 heterocycles. The quantitative estimate of drug-likeness (QED) is 0.821. The van der Waals surface area contributed by atoms with Crippen LogP contribution in [0.4, 0.5) is 0 Å². The van der Waals surface area contributed by atoms with Crippen LogP contribution in [0.1, 0.15) is 22.9 Å². The summed E-state index contributed by atoms with van der Waals surface area (Å²) in [4.78, 5) is 4.29. The number of rotatable bonds is 6. The number of nitrogens with two attached hydrogens (primary N) is 1. The smallest absolute Gasteiger partial charge is 0.124 e. The van der Waals surface area contributed by atoms with Crippen LogP contribution in [0.3, 0.4) is 0 Å². The molecule has 1 unspecified atom stereocenters. The minimum Gasteiger partial charge on any atom is -0.491 e. The van der Waals surface area contributed by atoms with Gasteiger partial charge in [-0.05, 0) is 24.6 Å². The first-order valence-corrected chi connectivity index (χ1v) is 6.61. The Morgan fingerprint density at radius 1 is 1.10 bits per heavy atom. The summed E-state index contributed by atoms with van der Waals surface area (Å²) in [5, 5.41) is 0. The highest BCUT2D eigenvalue weighted by atomic mass is 16.5. The second-order valence-corrected chi connectivity index (χ2v) is 4.53. The van der Waals surface area contributed by atoms with Crippen molar-refractivity contribution in [1.29, 1.82) is 0 Å². The van der Waals surface area contributed by atoms with Gasteiger partial charge in [-0.25, -0.2) is 0 Å². The lowest BCUT2D eigenvalue weighted by Gasteiger charge is -2.18. The van der Waals surface area contributed by atoms with Crippen molar-refractivity contribution < 1.29 is 9.47 Å². The molecule has 2 rings (SSSR count). The van der Waals surface area contributed by atoms with E-state index in [1.807, 2.05) is 43.3 Å². The van der Waals surface area contributed by atoms with Gasteiger partial charge in [0.25, 0.3) is 0 Å². The molecule has 0 bridgehead atoms. The largest absolute Gasteiger partial charge is 0.491 e. The summed E-state index contributed by atoms with van der Waals surface area (Å²) in [6, 6.07) is 11.5. The van der Waals surface area contributed by atoms with Crippen molar-refractivity contribution in [3.05, 3.63) is 59.4 Å². The van der Waals surface area contributed by atoms with E-state index in [1.165, 1.54) is 0 Å². The van der Waals surface area contributed by atoms with Crippen LogP contribution >= 0.6 is 0 Å². The van der Waals surface area contributed by atoms with Crippen molar-refractivity contribution in [3.8, 4) is 5.75 Å². The third kappa shape index (κ3) is 3.35. The van der Waals surface area contributed by atoms with Crippen LogP contribution in [0.15, 0.2) is 42.6 Å². The first-order valence-electron chi connectivity index (χ1n) is 6.61. The molecule has 2 N–H and O–H groups in total. The number of pyridine rings is 1. The third-order valence-electron chi connectivity index (χ3n) is 3.18. The van der Waals surface area contributed by atoms with E-state index < -0.39 is 0 Å². The highest BCUT2D eigenvalue weighted by molar-refractivity contribution is 5.42. The molecule has 0 aliphatic heterocycles. The summed E-state index contributed by atoms with van der Waals surface area (Å²) in [7, 11) is 1.65. The van der Waals surface area contributed by atoms with Gasteiger partial charge in [-0.2, -0.15) is 0 Å². The Labute approximate surface area is 119 Å². The molecule has 4 nitrogen and oxygen atoms in total. The van der Waals surface area contributed by atoms with Crippen molar-refractivity contribution in [1.82, 2.24) is 4.98 Å². The standard InChI is InChI=1S/C16H20N2O2/c1-12-13(7-5-9-18-12)16(17)14-6-3-4-8-15(14)20-11-10-19-2/h3-9,16H,10-11,17H2,1-2H3. The molecule has 1 aromatic heterocycles. The van der Waals surface area contributed by atoms with Gasteiger partial charge in [0.1, 0.15) is 12.4 Å². The lowest BCUT2D eigenvalue weighted by molar-refractivity contribution is 0.145. The number of ether oxygens (including phenoxy) is 2. The van der Waals surface area contributed by atoms with E-state index in [1.54, 1.807) is 13.3 Å². The Morgan fingerprint density at radius 2 is 1.85 bits per heavy atom. The zero-order valence-corrected chi connectivity index (χ0v) is 11.9. The van der Waals surface area contributed by atoms with Gasteiger partial charge in [-0.1, -0.05) is 24.3 Å². The van der Waals surface area contributed by atoms with Crippen LogP contribution in [0, 0.1) is 6.92 Å². The number of nitrogens with zero attached hydrogens (tertiary/aromatic N) is 1. The van der Waals surface area contributed by atoms with Crippen LogP contribution in [0.25, 0.3) is 0 Å². The number of hydrogen-bond acceptors (Lipinski definition) is 4. The lowest BCUT2D eigenvalue weighted by Crippen LogP contribution is -2.16. The van der Waals surface area contributed by atoms with Crippen molar-refractivity contribution in [2.75, 3.05) is 20.3 Å². The molecule has 1 aromatic carbocycles. The normalized spacial score (nSPS) is 12.2. The Kier molecular flexibility index (Phi) is 5.09. The molecule has 0 amide bonds. The van der Waals surface area contributed by atoms with Gasteiger partial charge in [0.05, 0.1) is 12.6 Å². The lowest BCUT2D eigenvalue weighted by atomic mass is 9.98. The van der Waals surface area contributed by atoms with E-state index in [-0.39, 0.29) is 6.04 Å². The van der Waals surface area contributed by atoms with Crippen LogP contribution in [-0.4, -0.2) is 25.3 Å². The molecule has 0 spiro atoms. The summed E-state index contributed by atoms with van der Waals surface area (Å²) in [6.45, 7) is 3.02. The van der Waals surface area contributed by atoms with Gasteiger partial charge in [0.2, 0.25) is 0 Å². The minimum absolute atomic E-state index is 0.248. The first kappa shape index (κ1) is 14.5. The number of methoxy groups -OCH3 is 1. The number of hydrogen-bond donors (Lipinski definition) is 1. The molecule has 0 aliphatic rings. The number of benzene rings is 1. The minimum atomic E-state index is -0.248. The predicted molar refractivity (Wildman–Crippen MR) is 78.8 cm³/mol. The number of aromatic nitrogens is 1. The van der Waals surface area contributed by atoms with E-state index in [0.29, 0.717) is 13.2 Å². The summed E-state index contributed by atoms with van der Waals surface area (Å²) in [5.41, 5.74) is 9.28. The highest BCUT2D eigenvalue weighted by Gasteiger charge is 2.16. The summed E-state index contributed by atoms with van der Waals surface area (Å²) < 4.78 is 10.7. The Balaban J connectivity index is 2.25. The fourth-order valence-electron chi connectivity index (χ4n) is 2.10. The topological polar surface area (TPSA) is 57.4 Å². The predicted octanol–water partition coefficient (Wildman–Crippen LogP) is 2.46. The fraction of sp³-hybridized carbons (Fsp3) is 0.312. The first-order chi connectivity index (χ1) is 9.74. The van der Waals surface area contributed by atoms with Crippen LogP contribution in [-0.2, 0) is 4.74 Å². The number of aryl methyl sites for hydroxylation is 1. The maximum atomic E-state index is 6.37. The van der Waals surface area contributed by atoms with Crippen molar-refractivity contribution >= 4 is 0 Å². The van der Waals surface area contributed by atoms with E-state index in [9.17, 15) is 0 Å². The Bertz CT molecular complexity index is 558. The summed E-state index contributed by atoms with van der Waals surface area (Å²) >= 11 is 0. The molecule has 0 radical (unpaired) electrons. The summed E-state index contributed by atoms with van der Waals surface area (Å²) in [6.07, 6.45) is 1.77. The van der Waals surface area contributed by atoms with Gasteiger partial charge in [-0.15, -0.1) is 0 Å². The van der Waals surface area contributed by atoms with Gasteiger partial charge < -0.3 is 15.2 Å². The Hall–Kier alpha value is -1.91.